The lowest BCUT2D eigenvalue weighted by Crippen LogP contribution is -2.34. The second-order valence-electron chi connectivity index (χ2n) is 5.52. The maximum Gasteiger partial charge on any atom is 0.119 e. The molecule has 0 aromatic heterocycles. The summed E-state index contributed by atoms with van der Waals surface area (Å²) in [4.78, 5) is 0. The highest BCUT2D eigenvalue weighted by Crippen LogP contribution is 2.21. The molecule has 0 aliphatic heterocycles. The van der Waals surface area contributed by atoms with Crippen molar-refractivity contribution >= 4 is 0 Å². The van der Waals surface area contributed by atoms with E-state index in [0.29, 0.717) is 12.0 Å². The SMILES string of the molecule is CCC(C)NCC(C)Oc1ccc(C(C)CC)cc1. The quantitative estimate of drug-likeness (QED) is 0.752. The van der Waals surface area contributed by atoms with Crippen LogP contribution in [0.15, 0.2) is 24.3 Å². The number of hydrogen-bond donors (Lipinski definition) is 1. The molecule has 0 aliphatic carbocycles. The molecule has 0 bridgehead atoms. The minimum Gasteiger partial charge on any atom is -0.489 e. The summed E-state index contributed by atoms with van der Waals surface area (Å²) in [7, 11) is 0. The smallest absolute Gasteiger partial charge is 0.119 e. The van der Waals surface area contributed by atoms with Gasteiger partial charge in [-0.2, -0.15) is 0 Å². The van der Waals surface area contributed by atoms with Gasteiger partial charge in [0.2, 0.25) is 0 Å². The van der Waals surface area contributed by atoms with Crippen molar-refractivity contribution in [2.75, 3.05) is 6.54 Å². The molecule has 19 heavy (non-hydrogen) atoms. The molecule has 0 heterocycles. The van der Waals surface area contributed by atoms with Crippen molar-refractivity contribution in [2.45, 2.75) is 65.5 Å². The van der Waals surface area contributed by atoms with E-state index in [9.17, 15) is 0 Å². The molecule has 2 heteroatoms. The first-order valence-electron chi connectivity index (χ1n) is 7.56. The van der Waals surface area contributed by atoms with E-state index < -0.39 is 0 Å². The monoisotopic (exact) mass is 263 g/mol. The second kappa shape index (κ2) is 8.21. The number of ether oxygens (including phenoxy) is 1. The summed E-state index contributed by atoms with van der Waals surface area (Å²) in [5, 5.41) is 3.47. The van der Waals surface area contributed by atoms with Gasteiger partial charge in [0.1, 0.15) is 11.9 Å². The number of benzene rings is 1. The molecule has 0 fully saturated rings. The first-order valence-corrected chi connectivity index (χ1v) is 7.56. The zero-order valence-corrected chi connectivity index (χ0v) is 13.1. The van der Waals surface area contributed by atoms with Gasteiger partial charge in [0.05, 0.1) is 0 Å². The van der Waals surface area contributed by atoms with Crippen LogP contribution in [-0.4, -0.2) is 18.7 Å². The molecular weight excluding hydrogens is 234 g/mol. The lowest BCUT2D eigenvalue weighted by molar-refractivity contribution is 0.212. The summed E-state index contributed by atoms with van der Waals surface area (Å²) in [6, 6.07) is 9.08. The third-order valence-corrected chi connectivity index (χ3v) is 3.76. The fourth-order valence-corrected chi connectivity index (χ4v) is 1.90. The molecule has 1 rings (SSSR count). The Kier molecular flexibility index (Phi) is 6.93. The normalized spacial score (nSPS) is 15.8. The van der Waals surface area contributed by atoms with Gasteiger partial charge in [0, 0.05) is 12.6 Å². The van der Waals surface area contributed by atoms with Crippen molar-refractivity contribution < 1.29 is 4.74 Å². The van der Waals surface area contributed by atoms with Crippen LogP contribution in [-0.2, 0) is 0 Å². The van der Waals surface area contributed by atoms with E-state index in [1.807, 2.05) is 0 Å². The van der Waals surface area contributed by atoms with E-state index >= 15 is 0 Å². The molecule has 3 unspecified atom stereocenters. The summed E-state index contributed by atoms with van der Waals surface area (Å²) in [5.74, 6) is 1.59. The van der Waals surface area contributed by atoms with Gasteiger partial charge < -0.3 is 10.1 Å². The molecule has 108 valence electrons. The van der Waals surface area contributed by atoms with Crippen molar-refractivity contribution in [1.29, 1.82) is 0 Å². The highest BCUT2D eigenvalue weighted by Gasteiger charge is 2.07. The molecule has 0 saturated heterocycles. The van der Waals surface area contributed by atoms with E-state index in [4.69, 9.17) is 4.74 Å². The van der Waals surface area contributed by atoms with E-state index in [0.717, 1.165) is 18.7 Å². The van der Waals surface area contributed by atoms with Crippen molar-refractivity contribution in [2.24, 2.45) is 0 Å². The van der Waals surface area contributed by atoms with Gasteiger partial charge in [-0.25, -0.2) is 0 Å². The molecular formula is C17H29NO. The van der Waals surface area contributed by atoms with Gasteiger partial charge in [-0.3, -0.25) is 0 Å². The Morgan fingerprint density at radius 3 is 2.16 bits per heavy atom. The van der Waals surface area contributed by atoms with Crippen LogP contribution < -0.4 is 10.1 Å². The second-order valence-corrected chi connectivity index (χ2v) is 5.52. The van der Waals surface area contributed by atoms with Gasteiger partial charge in [0.25, 0.3) is 0 Å². The maximum absolute atomic E-state index is 5.92. The summed E-state index contributed by atoms with van der Waals surface area (Å²) >= 11 is 0. The predicted molar refractivity (Wildman–Crippen MR) is 83.0 cm³/mol. The molecule has 1 N–H and O–H groups in total. The van der Waals surface area contributed by atoms with Crippen molar-refractivity contribution in [1.82, 2.24) is 5.32 Å². The van der Waals surface area contributed by atoms with Crippen LogP contribution in [0.25, 0.3) is 0 Å². The van der Waals surface area contributed by atoms with Crippen molar-refractivity contribution in [3.8, 4) is 5.75 Å². The number of rotatable bonds is 8. The van der Waals surface area contributed by atoms with Crippen LogP contribution in [0.4, 0.5) is 0 Å². The summed E-state index contributed by atoms with van der Waals surface area (Å²) in [6.45, 7) is 11.9. The number of hydrogen-bond acceptors (Lipinski definition) is 2. The minimum absolute atomic E-state index is 0.198. The van der Waals surface area contributed by atoms with Crippen LogP contribution in [0.3, 0.4) is 0 Å². The van der Waals surface area contributed by atoms with Crippen LogP contribution >= 0.6 is 0 Å². The Morgan fingerprint density at radius 2 is 1.63 bits per heavy atom. The summed E-state index contributed by atoms with van der Waals surface area (Å²) in [5.41, 5.74) is 1.39. The third kappa shape index (κ3) is 5.65. The van der Waals surface area contributed by atoms with Crippen LogP contribution in [0.5, 0.6) is 5.75 Å². The lowest BCUT2D eigenvalue weighted by Gasteiger charge is -2.18. The Hall–Kier alpha value is -1.02. The zero-order chi connectivity index (χ0) is 14.3. The fourth-order valence-electron chi connectivity index (χ4n) is 1.90. The lowest BCUT2D eigenvalue weighted by atomic mass is 9.99. The van der Waals surface area contributed by atoms with Gasteiger partial charge in [-0.15, -0.1) is 0 Å². The van der Waals surface area contributed by atoms with Crippen molar-refractivity contribution in [3.63, 3.8) is 0 Å². The van der Waals surface area contributed by atoms with Crippen molar-refractivity contribution in [3.05, 3.63) is 29.8 Å². The van der Waals surface area contributed by atoms with E-state index in [-0.39, 0.29) is 6.10 Å². The summed E-state index contributed by atoms with van der Waals surface area (Å²) < 4.78 is 5.92. The molecule has 0 amide bonds. The average Bonchev–Trinajstić information content (AvgIpc) is 2.44. The van der Waals surface area contributed by atoms with Crippen LogP contribution in [0.2, 0.25) is 0 Å². The zero-order valence-electron chi connectivity index (χ0n) is 13.1. The Morgan fingerprint density at radius 1 is 1.00 bits per heavy atom. The topological polar surface area (TPSA) is 21.3 Å². The summed E-state index contributed by atoms with van der Waals surface area (Å²) in [6.07, 6.45) is 2.52. The molecule has 2 nitrogen and oxygen atoms in total. The number of nitrogens with one attached hydrogen (secondary N) is 1. The van der Waals surface area contributed by atoms with Gasteiger partial charge in [-0.05, 0) is 50.3 Å². The molecule has 0 spiro atoms. The standard InChI is InChI=1S/C17H29NO/c1-6-13(3)16-8-10-17(11-9-16)19-15(5)12-18-14(4)7-2/h8-11,13-15,18H,6-7,12H2,1-5H3. The Labute approximate surface area is 118 Å². The van der Waals surface area contributed by atoms with Gasteiger partial charge in [-0.1, -0.05) is 32.9 Å². The first-order chi connectivity index (χ1) is 9.06. The largest absolute Gasteiger partial charge is 0.489 e. The molecule has 0 saturated carbocycles. The first kappa shape index (κ1) is 16.0. The van der Waals surface area contributed by atoms with Crippen LogP contribution in [0.1, 0.15) is 58.9 Å². The van der Waals surface area contributed by atoms with E-state index in [1.165, 1.54) is 12.0 Å². The third-order valence-electron chi connectivity index (χ3n) is 3.76. The molecule has 1 aromatic rings. The molecule has 0 radical (unpaired) electrons. The highest BCUT2D eigenvalue weighted by atomic mass is 16.5. The molecule has 0 aliphatic rings. The fraction of sp³-hybridized carbons (Fsp3) is 0.647. The molecule has 1 aromatic carbocycles. The Bertz CT molecular complexity index is 347. The molecule has 3 atom stereocenters. The van der Waals surface area contributed by atoms with Gasteiger partial charge in [0.15, 0.2) is 0 Å². The predicted octanol–water partition coefficient (Wildman–Crippen LogP) is 4.36. The minimum atomic E-state index is 0.198. The average molecular weight is 263 g/mol. The Balaban J connectivity index is 2.44. The van der Waals surface area contributed by atoms with Gasteiger partial charge >= 0.3 is 0 Å². The maximum atomic E-state index is 5.92. The van der Waals surface area contributed by atoms with Crippen LogP contribution in [0, 0.1) is 0 Å². The van der Waals surface area contributed by atoms with E-state index in [2.05, 4.69) is 64.2 Å². The van der Waals surface area contributed by atoms with E-state index in [1.54, 1.807) is 0 Å². The highest BCUT2D eigenvalue weighted by molar-refractivity contribution is 5.29.